The second-order valence-corrected chi connectivity index (χ2v) is 9.60. The van der Waals surface area contributed by atoms with Crippen LogP contribution in [0.25, 0.3) is 0 Å². The molecule has 0 aliphatic carbocycles. The summed E-state index contributed by atoms with van der Waals surface area (Å²) in [6.45, 7) is 6.73. The molecule has 0 unspecified atom stereocenters. The molecule has 0 spiro atoms. The number of carbonyl (C=O) groups is 1. The number of rotatable bonds is 4. The summed E-state index contributed by atoms with van der Waals surface area (Å²) < 4.78 is 28.5. The molecule has 1 aromatic heterocycles. The van der Waals surface area contributed by atoms with Gasteiger partial charge in [0.1, 0.15) is 17.9 Å². The fourth-order valence-electron chi connectivity index (χ4n) is 4.37. The van der Waals surface area contributed by atoms with Crippen LogP contribution in [0, 0.1) is 5.82 Å². The first-order valence-corrected chi connectivity index (χ1v) is 11.3. The highest BCUT2D eigenvalue weighted by molar-refractivity contribution is 6.31. The van der Waals surface area contributed by atoms with E-state index in [4.69, 9.17) is 26.8 Å². The minimum absolute atomic E-state index is 0.0469. The normalized spacial score (nSPS) is 18.2. The first kappa shape index (κ1) is 22.8. The van der Waals surface area contributed by atoms with E-state index in [-0.39, 0.29) is 18.9 Å². The Morgan fingerprint density at radius 3 is 2.81 bits per heavy atom. The molecule has 3 heterocycles. The van der Waals surface area contributed by atoms with Crippen molar-refractivity contribution in [3.05, 3.63) is 39.4 Å². The van der Waals surface area contributed by atoms with Crippen LogP contribution in [-0.2, 0) is 30.7 Å². The van der Waals surface area contributed by atoms with Crippen LogP contribution in [0.15, 0.2) is 6.07 Å². The molecule has 1 amide bonds. The van der Waals surface area contributed by atoms with E-state index in [1.807, 2.05) is 4.68 Å². The van der Waals surface area contributed by atoms with Crippen LogP contribution < -0.4 is 10.5 Å². The van der Waals surface area contributed by atoms with Crippen molar-refractivity contribution in [2.24, 2.45) is 5.73 Å². The zero-order valence-corrected chi connectivity index (χ0v) is 19.4. The number of ether oxygens (including phenoxy) is 2. The van der Waals surface area contributed by atoms with Gasteiger partial charge in [-0.15, -0.1) is 5.10 Å². The molecule has 2 N–H and O–H groups in total. The van der Waals surface area contributed by atoms with Crippen molar-refractivity contribution in [3.8, 4) is 5.75 Å². The number of aromatic nitrogens is 3. The van der Waals surface area contributed by atoms with Gasteiger partial charge in [-0.2, -0.15) is 0 Å². The van der Waals surface area contributed by atoms with E-state index in [9.17, 15) is 4.79 Å². The molecule has 4 rings (SSSR count). The first-order chi connectivity index (χ1) is 15.2. The lowest BCUT2D eigenvalue weighted by Crippen LogP contribution is -2.45. The molecule has 2 aliphatic rings. The molecule has 8 nitrogen and oxygen atoms in total. The Balaban J connectivity index is 1.66. The molecule has 1 aromatic carbocycles. The van der Waals surface area contributed by atoms with Crippen LogP contribution in [-0.4, -0.2) is 44.7 Å². The summed E-state index contributed by atoms with van der Waals surface area (Å²) in [6, 6.07) is 0.638. The van der Waals surface area contributed by atoms with E-state index >= 15 is 4.39 Å². The zero-order valence-electron chi connectivity index (χ0n) is 18.7. The van der Waals surface area contributed by atoms with Crippen LogP contribution >= 0.6 is 11.6 Å². The van der Waals surface area contributed by atoms with Gasteiger partial charge < -0.3 is 15.2 Å². The van der Waals surface area contributed by atoms with Gasteiger partial charge >= 0.3 is 6.09 Å². The van der Waals surface area contributed by atoms with Crippen molar-refractivity contribution in [2.75, 3.05) is 13.1 Å². The second-order valence-electron chi connectivity index (χ2n) is 9.19. The fraction of sp³-hybridized carbons (Fsp3) is 0.591. The highest BCUT2D eigenvalue weighted by Crippen LogP contribution is 2.42. The summed E-state index contributed by atoms with van der Waals surface area (Å²) >= 11 is 6.37. The van der Waals surface area contributed by atoms with E-state index in [2.05, 4.69) is 10.3 Å². The number of hydrogen-bond acceptors (Lipinski definition) is 6. The van der Waals surface area contributed by atoms with Gasteiger partial charge in [0.05, 0.1) is 11.7 Å². The first-order valence-electron chi connectivity index (χ1n) is 10.9. The molecule has 0 saturated heterocycles. The lowest BCUT2D eigenvalue weighted by atomic mass is 9.91. The van der Waals surface area contributed by atoms with Crippen molar-refractivity contribution < 1.29 is 18.7 Å². The third-order valence-electron chi connectivity index (χ3n) is 5.80. The number of benzene rings is 1. The summed E-state index contributed by atoms with van der Waals surface area (Å²) in [5.41, 5.74) is 8.35. The predicted molar refractivity (Wildman–Crippen MR) is 117 cm³/mol. The van der Waals surface area contributed by atoms with Crippen LogP contribution in [0.2, 0.25) is 5.02 Å². The maximum Gasteiger partial charge on any atom is 0.410 e. The Labute approximate surface area is 191 Å². The lowest BCUT2D eigenvalue weighted by molar-refractivity contribution is 0.0146. The second kappa shape index (κ2) is 8.86. The van der Waals surface area contributed by atoms with Gasteiger partial charge in [-0.05, 0) is 58.1 Å². The summed E-state index contributed by atoms with van der Waals surface area (Å²) in [5.74, 6) is -0.551. The maximum absolute atomic E-state index is 15.1. The van der Waals surface area contributed by atoms with Crippen molar-refractivity contribution >= 4 is 17.7 Å². The van der Waals surface area contributed by atoms with E-state index in [0.29, 0.717) is 29.2 Å². The summed E-state index contributed by atoms with van der Waals surface area (Å²) in [5, 5.41) is 8.70. The Morgan fingerprint density at radius 1 is 1.31 bits per heavy atom. The number of nitrogens with two attached hydrogens (primary N) is 1. The molecule has 1 atom stereocenters. The summed E-state index contributed by atoms with van der Waals surface area (Å²) in [7, 11) is 0. The smallest absolute Gasteiger partial charge is 0.410 e. The molecule has 10 heteroatoms. The number of hydrogen-bond donors (Lipinski definition) is 1. The van der Waals surface area contributed by atoms with Gasteiger partial charge in [-0.25, -0.2) is 13.9 Å². The van der Waals surface area contributed by atoms with Crippen molar-refractivity contribution in [1.29, 1.82) is 0 Å². The molecule has 0 bridgehead atoms. The molecule has 174 valence electrons. The lowest BCUT2D eigenvalue weighted by Gasteiger charge is -2.38. The fourth-order valence-corrected chi connectivity index (χ4v) is 4.66. The Morgan fingerprint density at radius 2 is 2.09 bits per heavy atom. The molecule has 0 saturated carbocycles. The predicted octanol–water partition coefficient (Wildman–Crippen LogP) is 3.78. The average Bonchev–Trinajstić information content (AvgIpc) is 3.14. The minimum atomic E-state index is -0.664. The van der Waals surface area contributed by atoms with Crippen LogP contribution in [0.1, 0.15) is 62.2 Å². The molecular weight excluding hydrogens is 437 g/mol. The third-order valence-corrected chi connectivity index (χ3v) is 6.13. The summed E-state index contributed by atoms with van der Waals surface area (Å²) in [6.07, 6.45) is 2.93. The topological polar surface area (TPSA) is 95.5 Å². The summed E-state index contributed by atoms with van der Waals surface area (Å²) in [4.78, 5) is 14.4. The zero-order chi connectivity index (χ0) is 23.0. The molecule has 2 aliphatic heterocycles. The van der Waals surface area contributed by atoms with Gasteiger partial charge in [-0.1, -0.05) is 16.8 Å². The van der Waals surface area contributed by atoms with Crippen LogP contribution in [0.3, 0.4) is 0 Å². The van der Waals surface area contributed by atoms with Gasteiger partial charge in [0.25, 0.3) is 0 Å². The quantitative estimate of drug-likeness (QED) is 0.738. The van der Waals surface area contributed by atoms with E-state index in [1.54, 1.807) is 20.8 Å². The molecule has 0 fully saturated rings. The molecule has 32 heavy (non-hydrogen) atoms. The Bertz CT molecular complexity index is 1020. The molecule has 0 radical (unpaired) electrons. The van der Waals surface area contributed by atoms with Crippen molar-refractivity contribution in [1.82, 2.24) is 19.9 Å². The number of aryl methyl sites for hydroxylation is 1. The standard InChI is InChI=1S/C22H29ClFN5O3/c1-22(2,3)32-21(30)28-9-7-13-14(23)10-15(24)20(19(13)18(28)11-25)31-12-16-17-6-4-5-8-29(17)27-26-16/h10,18H,4-9,11-12,25H2,1-3H3/t18-/m1/s1. The van der Waals surface area contributed by atoms with Crippen molar-refractivity contribution in [2.45, 2.75) is 71.2 Å². The van der Waals surface area contributed by atoms with Crippen LogP contribution in [0.5, 0.6) is 5.75 Å². The highest BCUT2D eigenvalue weighted by atomic mass is 35.5. The number of amides is 1. The van der Waals surface area contributed by atoms with Gasteiger partial charge in [-0.3, -0.25) is 4.90 Å². The van der Waals surface area contributed by atoms with E-state index in [1.165, 1.54) is 11.0 Å². The molecular formula is C22H29ClFN5O3. The number of carbonyl (C=O) groups excluding carboxylic acids is 1. The van der Waals surface area contributed by atoms with Gasteiger partial charge in [0.15, 0.2) is 11.6 Å². The Hall–Kier alpha value is -2.39. The van der Waals surface area contributed by atoms with Crippen LogP contribution in [0.4, 0.5) is 9.18 Å². The number of nitrogens with zero attached hydrogens (tertiary/aromatic N) is 4. The Kier molecular flexibility index (Phi) is 6.31. The molecule has 2 aromatic rings. The van der Waals surface area contributed by atoms with Crippen molar-refractivity contribution in [3.63, 3.8) is 0 Å². The van der Waals surface area contributed by atoms with Gasteiger partial charge in [0.2, 0.25) is 0 Å². The number of halogens is 2. The third kappa shape index (κ3) is 4.41. The number of fused-ring (bicyclic) bond motifs is 2. The SMILES string of the molecule is CC(C)(C)OC(=O)N1CCc2c(Cl)cc(F)c(OCc3nnn4c3CCCC4)c2[C@H]1CN. The maximum atomic E-state index is 15.1. The van der Waals surface area contributed by atoms with E-state index < -0.39 is 23.6 Å². The minimum Gasteiger partial charge on any atom is -0.484 e. The average molecular weight is 466 g/mol. The highest BCUT2D eigenvalue weighted by Gasteiger charge is 2.37. The largest absolute Gasteiger partial charge is 0.484 e. The monoisotopic (exact) mass is 465 g/mol. The van der Waals surface area contributed by atoms with Gasteiger partial charge in [0, 0.05) is 30.2 Å². The van der Waals surface area contributed by atoms with E-state index in [0.717, 1.165) is 37.1 Å².